The van der Waals surface area contributed by atoms with Gasteiger partial charge in [0.25, 0.3) is 5.56 Å². The van der Waals surface area contributed by atoms with Crippen LogP contribution in [0.3, 0.4) is 0 Å². The van der Waals surface area contributed by atoms with Gasteiger partial charge in [-0.2, -0.15) is 0 Å². The molecule has 0 atom stereocenters. The smallest absolute Gasteiger partial charge is 0.261 e. The Labute approximate surface area is 175 Å². The fourth-order valence-electron chi connectivity index (χ4n) is 2.74. The van der Waals surface area contributed by atoms with Crippen LogP contribution in [0.5, 0.6) is 0 Å². The van der Waals surface area contributed by atoms with Crippen molar-refractivity contribution in [3.63, 3.8) is 0 Å². The largest absolute Gasteiger partial charge is 0.419 e. The Balaban J connectivity index is 1.77. The summed E-state index contributed by atoms with van der Waals surface area (Å²) in [6.07, 6.45) is 0. The zero-order valence-electron chi connectivity index (χ0n) is 13.9. The quantitative estimate of drug-likeness (QED) is 0.389. The van der Waals surface area contributed by atoms with E-state index in [1.54, 1.807) is 25.1 Å². The first kappa shape index (κ1) is 18.3. The summed E-state index contributed by atoms with van der Waals surface area (Å²) < 4.78 is 8.75. The molecule has 0 aliphatic carbocycles. The van der Waals surface area contributed by atoms with Crippen molar-refractivity contribution in [2.75, 3.05) is 0 Å². The van der Waals surface area contributed by atoms with Crippen molar-refractivity contribution in [3.05, 3.63) is 72.4 Å². The number of halogens is 3. The Morgan fingerprint density at radius 3 is 2.74 bits per heavy atom. The number of hydrogen-bond acceptors (Lipinski definition) is 5. The Kier molecular flexibility index (Phi) is 4.88. The summed E-state index contributed by atoms with van der Waals surface area (Å²) in [5, 5.41) is 9.10. The molecular weight excluding hydrogens is 499 g/mol. The van der Waals surface area contributed by atoms with Crippen molar-refractivity contribution >= 4 is 54.4 Å². The monoisotopic (exact) mass is 508 g/mol. The lowest BCUT2D eigenvalue weighted by Crippen LogP contribution is -2.24. The Morgan fingerprint density at radius 1 is 1.19 bits per heavy atom. The Hall–Kier alpha value is -2.03. The van der Waals surface area contributed by atoms with Crippen LogP contribution in [0.25, 0.3) is 22.4 Å². The van der Waals surface area contributed by atoms with Crippen molar-refractivity contribution in [3.8, 4) is 11.5 Å². The van der Waals surface area contributed by atoms with Crippen molar-refractivity contribution in [1.29, 1.82) is 0 Å². The van der Waals surface area contributed by atoms with Crippen LogP contribution in [0.1, 0.15) is 11.7 Å². The van der Waals surface area contributed by atoms with E-state index < -0.39 is 0 Å². The molecule has 0 saturated carbocycles. The van der Waals surface area contributed by atoms with Gasteiger partial charge in [-0.1, -0.05) is 39.7 Å². The summed E-state index contributed by atoms with van der Waals surface area (Å²) in [5.74, 6) is 1.15. The molecule has 0 bridgehead atoms. The number of benzene rings is 2. The maximum absolute atomic E-state index is 13.0. The molecule has 0 saturated heterocycles. The van der Waals surface area contributed by atoms with E-state index in [2.05, 4.69) is 47.0 Å². The van der Waals surface area contributed by atoms with E-state index >= 15 is 0 Å². The first-order valence-electron chi connectivity index (χ1n) is 7.87. The van der Waals surface area contributed by atoms with Gasteiger partial charge in [-0.25, -0.2) is 4.98 Å². The van der Waals surface area contributed by atoms with Gasteiger partial charge in [0, 0.05) is 8.95 Å². The van der Waals surface area contributed by atoms with E-state index in [0.29, 0.717) is 39.1 Å². The Bertz CT molecular complexity index is 1240. The van der Waals surface area contributed by atoms with E-state index in [9.17, 15) is 4.79 Å². The standard InChI is InChI=1S/C18H11Br2ClN4O2/c1-9-22-16-12(6-10(19)7-13(16)20)18(26)25(9)8-15-23-24-17(27-15)11-4-2-3-5-14(11)21/h2-7H,8H2,1H3. The lowest BCUT2D eigenvalue weighted by molar-refractivity contribution is 0.480. The van der Waals surface area contributed by atoms with Crippen molar-refractivity contribution < 1.29 is 4.42 Å². The van der Waals surface area contributed by atoms with Gasteiger partial charge in [0.15, 0.2) is 0 Å². The summed E-state index contributed by atoms with van der Waals surface area (Å²) in [4.78, 5) is 17.5. The average molecular weight is 511 g/mol. The highest BCUT2D eigenvalue weighted by Gasteiger charge is 2.16. The summed E-state index contributed by atoms with van der Waals surface area (Å²) in [6, 6.07) is 10.8. The molecule has 136 valence electrons. The van der Waals surface area contributed by atoms with Crippen LogP contribution >= 0.6 is 43.5 Å². The molecule has 4 aromatic rings. The number of fused-ring (bicyclic) bond motifs is 1. The molecule has 0 unspecified atom stereocenters. The minimum Gasteiger partial charge on any atom is -0.419 e. The zero-order valence-corrected chi connectivity index (χ0v) is 17.8. The molecule has 0 aliphatic rings. The van der Waals surface area contributed by atoms with Gasteiger partial charge in [-0.15, -0.1) is 10.2 Å². The molecule has 4 rings (SSSR count). The maximum atomic E-state index is 13.0. The molecule has 2 aromatic heterocycles. The normalized spacial score (nSPS) is 11.3. The van der Waals surface area contributed by atoms with Crippen LogP contribution in [0.15, 0.2) is 54.6 Å². The first-order valence-corrected chi connectivity index (χ1v) is 9.84. The molecule has 0 aliphatic heterocycles. The highest BCUT2D eigenvalue weighted by molar-refractivity contribution is 9.11. The summed E-state index contributed by atoms with van der Waals surface area (Å²) in [5.41, 5.74) is 1.07. The second-order valence-corrected chi connectivity index (χ2v) is 7.99. The third-order valence-corrected chi connectivity index (χ3v) is 5.42. The van der Waals surface area contributed by atoms with Crippen LogP contribution in [-0.2, 0) is 6.54 Å². The molecular formula is C18H11Br2ClN4O2. The lowest BCUT2D eigenvalue weighted by Gasteiger charge is -2.10. The second kappa shape index (κ2) is 7.18. The van der Waals surface area contributed by atoms with Gasteiger partial charge in [0.05, 0.1) is 21.5 Å². The predicted octanol–water partition coefficient (Wildman–Crippen LogP) is 4.98. The topological polar surface area (TPSA) is 73.8 Å². The van der Waals surface area contributed by atoms with Crippen molar-refractivity contribution in [2.24, 2.45) is 0 Å². The molecule has 0 spiro atoms. The number of hydrogen-bond donors (Lipinski definition) is 0. The molecule has 9 heteroatoms. The van der Waals surface area contributed by atoms with E-state index in [4.69, 9.17) is 16.0 Å². The lowest BCUT2D eigenvalue weighted by atomic mass is 10.2. The molecule has 6 nitrogen and oxygen atoms in total. The fourth-order valence-corrected chi connectivity index (χ4v) is 4.27. The minimum atomic E-state index is -0.183. The fraction of sp³-hybridized carbons (Fsp3) is 0.111. The van der Waals surface area contributed by atoms with Crippen LogP contribution in [0, 0.1) is 6.92 Å². The van der Waals surface area contributed by atoms with Gasteiger partial charge in [-0.3, -0.25) is 9.36 Å². The Morgan fingerprint density at radius 2 is 1.96 bits per heavy atom. The molecule has 0 amide bonds. The predicted molar refractivity (Wildman–Crippen MR) is 110 cm³/mol. The SMILES string of the molecule is Cc1nc2c(Br)cc(Br)cc2c(=O)n1Cc1nnc(-c2ccccc2Cl)o1. The number of aryl methyl sites for hydroxylation is 1. The first-order chi connectivity index (χ1) is 12.9. The van der Waals surface area contributed by atoms with Gasteiger partial charge >= 0.3 is 0 Å². The summed E-state index contributed by atoms with van der Waals surface area (Å²) >= 11 is 13.0. The van der Waals surface area contributed by atoms with Crippen LogP contribution in [0.2, 0.25) is 5.02 Å². The number of nitrogens with zero attached hydrogens (tertiary/aromatic N) is 4. The van der Waals surface area contributed by atoms with E-state index in [-0.39, 0.29) is 12.1 Å². The number of rotatable bonds is 3. The summed E-state index contributed by atoms with van der Waals surface area (Å²) in [6.45, 7) is 1.88. The van der Waals surface area contributed by atoms with Gasteiger partial charge in [0.1, 0.15) is 12.4 Å². The second-order valence-electron chi connectivity index (χ2n) is 5.81. The molecule has 0 fully saturated rings. The minimum absolute atomic E-state index is 0.120. The molecule has 2 aromatic carbocycles. The van der Waals surface area contributed by atoms with Crippen LogP contribution in [-0.4, -0.2) is 19.7 Å². The third-order valence-electron chi connectivity index (χ3n) is 4.03. The van der Waals surface area contributed by atoms with Gasteiger partial charge in [-0.05, 0) is 47.1 Å². The van der Waals surface area contributed by atoms with Crippen molar-refractivity contribution in [1.82, 2.24) is 19.7 Å². The van der Waals surface area contributed by atoms with E-state index in [1.165, 1.54) is 4.57 Å². The maximum Gasteiger partial charge on any atom is 0.261 e. The van der Waals surface area contributed by atoms with Gasteiger partial charge < -0.3 is 4.42 Å². The average Bonchev–Trinajstić information content (AvgIpc) is 3.09. The molecule has 0 radical (unpaired) electrons. The van der Waals surface area contributed by atoms with Crippen LogP contribution < -0.4 is 5.56 Å². The number of aromatic nitrogens is 4. The molecule has 0 N–H and O–H groups in total. The zero-order chi connectivity index (χ0) is 19.1. The van der Waals surface area contributed by atoms with E-state index in [0.717, 1.165) is 8.95 Å². The van der Waals surface area contributed by atoms with Crippen LogP contribution in [0.4, 0.5) is 0 Å². The highest BCUT2D eigenvalue weighted by atomic mass is 79.9. The van der Waals surface area contributed by atoms with Gasteiger partial charge in [0.2, 0.25) is 11.8 Å². The summed E-state index contributed by atoms with van der Waals surface area (Å²) in [7, 11) is 0. The highest BCUT2D eigenvalue weighted by Crippen LogP contribution is 2.27. The third kappa shape index (κ3) is 3.44. The molecule has 27 heavy (non-hydrogen) atoms. The van der Waals surface area contributed by atoms with Crippen molar-refractivity contribution in [2.45, 2.75) is 13.5 Å². The molecule has 2 heterocycles. The van der Waals surface area contributed by atoms with E-state index in [1.807, 2.05) is 18.2 Å².